The highest BCUT2D eigenvalue weighted by Gasteiger charge is 2.23. The Morgan fingerprint density at radius 3 is 2.46 bits per heavy atom. The first kappa shape index (κ1) is 16.0. The molecular weight excluding hydrogens is 291 g/mol. The normalized spacial score (nSPS) is 24.9. The molecule has 2 saturated carbocycles. The molecule has 1 atom stereocenters. The van der Waals surface area contributed by atoms with Crippen LogP contribution >= 0.6 is 0 Å². The lowest BCUT2D eigenvalue weighted by atomic mass is 9.58. The molecule has 3 heteroatoms. The van der Waals surface area contributed by atoms with Crippen LogP contribution in [0.2, 0.25) is 5.82 Å². The average Bonchev–Trinajstić information content (AvgIpc) is 3.09. The van der Waals surface area contributed by atoms with Crippen molar-refractivity contribution in [2.45, 2.75) is 70.0 Å². The van der Waals surface area contributed by atoms with E-state index in [4.69, 9.17) is 0 Å². The van der Waals surface area contributed by atoms with E-state index in [0.717, 1.165) is 5.82 Å². The Labute approximate surface area is 147 Å². The second kappa shape index (κ2) is 7.59. The molecule has 2 aliphatic carbocycles. The van der Waals surface area contributed by atoms with Gasteiger partial charge in [-0.3, -0.25) is 5.43 Å². The third-order valence-electron chi connectivity index (χ3n) is 6.15. The second-order valence-electron chi connectivity index (χ2n) is 7.90. The molecule has 0 amide bonds. The van der Waals surface area contributed by atoms with E-state index in [1.807, 2.05) is 0 Å². The predicted octanol–water partition coefficient (Wildman–Crippen LogP) is 4.38. The Bertz CT molecular complexity index is 611. The minimum Gasteiger partial charge on any atom is -0.278 e. The van der Waals surface area contributed by atoms with Crippen LogP contribution in [0.15, 0.2) is 34.9 Å². The fourth-order valence-electron chi connectivity index (χ4n) is 4.74. The molecule has 0 saturated heterocycles. The first-order valence-corrected chi connectivity index (χ1v) is 10.0. The molecular formula is C21H29BN2. The zero-order chi connectivity index (χ0) is 16.2. The van der Waals surface area contributed by atoms with E-state index in [1.165, 1.54) is 88.2 Å². The molecule has 3 aliphatic rings. The van der Waals surface area contributed by atoms with Gasteiger partial charge in [0.2, 0.25) is 0 Å². The van der Waals surface area contributed by atoms with E-state index in [9.17, 15) is 0 Å². The largest absolute Gasteiger partial charge is 0.278 e. The van der Waals surface area contributed by atoms with Gasteiger partial charge >= 0.3 is 0 Å². The summed E-state index contributed by atoms with van der Waals surface area (Å²) in [5.74, 6) is 1.48. The van der Waals surface area contributed by atoms with E-state index >= 15 is 0 Å². The summed E-state index contributed by atoms with van der Waals surface area (Å²) in [7, 11) is 1.26. The number of hydrogen-bond donors (Lipinski definition) is 1. The molecule has 1 aromatic carbocycles. The van der Waals surface area contributed by atoms with Gasteiger partial charge in [-0.2, -0.15) is 5.10 Å². The van der Waals surface area contributed by atoms with E-state index in [-0.39, 0.29) is 0 Å². The fourth-order valence-corrected chi connectivity index (χ4v) is 4.74. The van der Waals surface area contributed by atoms with E-state index < -0.39 is 0 Å². The number of nitrogens with one attached hydrogen (secondary N) is 1. The molecule has 1 aliphatic heterocycles. The third-order valence-corrected chi connectivity index (χ3v) is 6.15. The van der Waals surface area contributed by atoms with Crippen LogP contribution in [-0.2, 0) is 0 Å². The molecule has 1 N–H and O–H groups in total. The van der Waals surface area contributed by atoms with Crippen molar-refractivity contribution in [3.8, 4) is 0 Å². The number of allylic oxidation sites excluding steroid dienone is 1. The summed E-state index contributed by atoms with van der Waals surface area (Å²) in [5, 5.41) is 4.46. The van der Waals surface area contributed by atoms with Crippen molar-refractivity contribution >= 4 is 24.7 Å². The molecule has 0 radical (unpaired) electrons. The van der Waals surface area contributed by atoms with Gasteiger partial charge in [0.25, 0.3) is 0 Å². The lowest BCUT2D eigenvalue weighted by molar-refractivity contribution is 0.526. The quantitative estimate of drug-likeness (QED) is 0.821. The molecule has 2 fully saturated rings. The topological polar surface area (TPSA) is 24.4 Å². The van der Waals surface area contributed by atoms with Gasteiger partial charge in [-0.15, -0.1) is 0 Å². The van der Waals surface area contributed by atoms with Crippen molar-refractivity contribution in [3.05, 3.63) is 35.4 Å². The molecule has 2 nitrogen and oxygen atoms in total. The van der Waals surface area contributed by atoms with Crippen LogP contribution < -0.4 is 10.9 Å². The van der Waals surface area contributed by atoms with E-state index in [0.29, 0.717) is 5.92 Å². The molecule has 0 aromatic heterocycles. The Balaban J connectivity index is 1.53. The standard InChI is InChI=1S/C21H29BN2/c1-2-4-10-20-17(7-3-1)15-23-24-21(20)16-11-13-19(14-12-16)22-18-8-5-6-9-18/h11-15,17-18,22,24H,1-10H2. The molecule has 1 heterocycles. The maximum absolute atomic E-state index is 4.46. The molecule has 1 aromatic rings. The monoisotopic (exact) mass is 320 g/mol. The first-order chi connectivity index (χ1) is 11.9. The SMILES string of the molecule is B(c1ccc(C2=C3CCCCCCC3C=NN2)cc1)C1CCCC1. The zero-order valence-electron chi connectivity index (χ0n) is 14.8. The van der Waals surface area contributed by atoms with Gasteiger partial charge in [0.05, 0.1) is 5.70 Å². The molecule has 0 bridgehead atoms. The van der Waals surface area contributed by atoms with E-state index in [1.54, 1.807) is 5.57 Å². The zero-order valence-corrected chi connectivity index (χ0v) is 14.8. The summed E-state index contributed by atoms with van der Waals surface area (Å²) in [5.41, 5.74) is 9.03. The van der Waals surface area contributed by atoms with Crippen LogP contribution in [0.3, 0.4) is 0 Å². The number of hydrogen-bond acceptors (Lipinski definition) is 2. The number of benzene rings is 1. The fraction of sp³-hybridized carbons (Fsp3) is 0.571. The summed E-state index contributed by atoms with van der Waals surface area (Å²) in [4.78, 5) is 0. The van der Waals surface area contributed by atoms with Crippen molar-refractivity contribution in [1.82, 2.24) is 5.43 Å². The highest BCUT2D eigenvalue weighted by Crippen LogP contribution is 2.33. The van der Waals surface area contributed by atoms with Gasteiger partial charge in [0.1, 0.15) is 0 Å². The molecule has 126 valence electrons. The van der Waals surface area contributed by atoms with Crippen LogP contribution in [0.1, 0.15) is 69.8 Å². The van der Waals surface area contributed by atoms with Gasteiger partial charge in [0.15, 0.2) is 7.28 Å². The lowest BCUT2D eigenvalue weighted by Crippen LogP contribution is -2.23. The minimum atomic E-state index is 0.555. The Morgan fingerprint density at radius 1 is 0.875 bits per heavy atom. The van der Waals surface area contributed by atoms with Gasteiger partial charge in [-0.25, -0.2) is 0 Å². The summed E-state index contributed by atoms with van der Waals surface area (Å²) >= 11 is 0. The van der Waals surface area contributed by atoms with Crippen LogP contribution in [0.5, 0.6) is 0 Å². The van der Waals surface area contributed by atoms with Crippen molar-refractivity contribution in [1.29, 1.82) is 0 Å². The third kappa shape index (κ3) is 3.60. The van der Waals surface area contributed by atoms with Gasteiger partial charge in [-0.1, -0.05) is 80.5 Å². The molecule has 4 rings (SSSR count). The van der Waals surface area contributed by atoms with Crippen molar-refractivity contribution in [2.24, 2.45) is 11.0 Å². The maximum atomic E-state index is 4.46. The van der Waals surface area contributed by atoms with Crippen molar-refractivity contribution in [2.75, 3.05) is 0 Å². The highest BCUT2D eigenvalue weighted by molar-refractivity contribution is 6.55. The second-order valence-corrected chi connectivity index (χ2v) is 7.90. The average molecular weight is 320 g/mol. The van der Waals surface area contributed by atoms with Gasteiger partial charge in [-0.05, 0) is 30.4 Å². The minimum absolute atomic E-state index is 0.555. The van der Waals surface area contributed by atoms with Crippen LogP contribution in [0.4, 0.5) is 0 Å². The molecule has 24 heavy (non-hydrogen) atoms. The van der Waals surface area contributed by atoms with Crippen molar-refractivity contribution in [3.63, 3.8) is 0 Å². The summed E-state index contributed by atoms with van der Waals surface area (Å²) in [6, 6.07) is 9.32. The maximum Gasteiger partial charge on any atom is 0.160 e. The van der Waals surface area contributed by atoms with Gasteiger partial charge in [0, 0.05) is 12.1 Å². The van der Waals surface area contributed by atoms with Crippen molar-refractivity contribution < 1.29 is 0 Å². The Hall–Kier alpha value is -1.51. The summed E-state index contributed by atoms with van der Waals surface area (Å²) in [6.07, 6.45) is 15.8. The van der Waals surface area contributed by atoms with Crippen LogP contribution in [0.25, 0.3) is 5.70 Å². The van der Waals surface area contributed by atoms with Gasteiger partial charge < -0.3 is 0 Å². The number of rotatable bonds is 3. The van der Waals surface area contributed by atoms with E-state index in [2.05, 4.69) is 41.0 Å². The molecule has 0 spiro atoms. The van der Waals surface area contributed by atoms with Crippen LogP contribution in [0, 0.1) is 5.92 Å². The number of hydrazone groups is 1. The molecule has 1 unspecified atom stereocenters. The smallest absolute Gasteiger partial charge is 0.160 e. The Morgan fingerprint density at radius 2 is 1.62 bits per heavy atom. The highest BCUT2D eigenvalue weighted by atomic mass is 15.3. The van der Waals surface area contributed by atoms with Crippen LogP contribution in [-0.4, -0.2) is 13.5 Å². The lowest BCUT2D eigenvalue weighted by Gasteiger charge is -2.27. The summed E-state index contributed by atoms with van der Waals surface area (Å²) in [6.45, 7) is 0. The Kier molecular flexibility index (Phi) is 5.06. The number of nitrogens with zero attached hydrogens (tertiary/aromatic N) is 1. The predicted molar refractivity (Wildman–Crippen MR) is 105 cm³/mol. The number of fused-ring (bicyclic) bond motifs is 1. The summed E-state index contributed by atoms with van der Waals surface area (Å²) < 4.78 is 0. The first-order valence-electron chi connectivity index (χ1n) is 10.0.